The molecule has 1 aromatic carbocycles. The molecule has 0 unspecified atom stereocenters. The Balaban J connectivity index is 1.94. The molecule has 1 aliphatic rings. The van der Waals surface area contributed by atoms with Gasteiger partial charge in [0.1, 0.15) is 5.60 Å². The zero-order chi connectivity index (χ0) is 14.0. The molecule has 3 heteroatoms. The van der Waals surface area contributed by atoms with Crippen LogP contribution in [0.15, 0.2) is 36.5 Å². The Morgan fingerprint density at radius 2 is 1.85 bits per heavy atom. The summed E-state index contributed by atoms with van der Waals surface area (Å²) in [5, 5.41) is 11.7. The lowest BCUT2D eigenvalue weighted by Gasteiger charge is -2.25. The molecule has 20 heavy (non-hydrogen) atoms. The highest BCUT2D eigenvalue weighted by atomic mass is 16.3. The van der Waals surface area contributed by atoms with Crippen molar-refractivity contribution in [2.45, 2.75) is 44.1 Å². The minimum absolute atomic E-state index is 0.146. The second-order valence-electron chi connectivity index (χ2n) is 5.69. The lowest BCUT2D eigenvalue weighted by Crippen LogP contribution is -2.38. The van der Waals surface area contributed by atoms with Gasteiger partial charge in [-0.15, -0.1) is 0 Å². The van der Waals surface area contributed by atoms with Gasteiger partial charge in [-0.3, -0.25) is 9.78 Å². The maximum Gasteiger partial charge on any atom is 0.194 e. The van der Waals surface area contributed by atoms with Crippen LogP contribution in [0.2, 0.25) is 0 Å². The SMILES string of the molecule is O=C(c1ccc2cccnc2c1)C1(O)CCCCCC1. The Labute approximate surface area is 118 Å². The number of pyridine rings is 1. The summed E-state index contributed by atoms with van der Waals surface area (Å²) in [6.45, 7) is 0. The molecule has 1 heterocycles. The van der Waals surface area contributed by atoms with Crippen LogP contribution in [-0.2, 0) is 0 Å². The predicted molar refractivity (Wildman–Crippen MR) is 78.7 cm³/mol. The maximum atomic E-state index is 12.6. The minimum atomic E-state index is -1.18. The van der Waals surface area contributed by atoms with E-state index in [0.29, 0.717) is 18.4 Å². The molecule has 1 aliphatic carbocycles. The van der Waals surface area contributed by atoms with Crippen LogP contribution in [-0.4, -0.2) is 21.5 Å². The van der Waals surface area contributed by atoms with Crippen LogP contribution in [0.4, 0.5) is 0 Å². The smallest absolute Gasteiger partial charge is 0.194 e. The van der Waals surface area contributed by atoms with Crippen LogP contribution in [0, 0.1) is 0 Å². The average molecular weight is 269 g/mol. The molecule has 1 N–H and O–H groups in total. The van der Waals surface area contributed by atoms with Gasteiger partial charge in [-0.25, -0.2) is 0 Å². The fourth-order valence-corrected chi connectivity index (χ4v) is 3.02. The fraction of sp³-hybridized carbons (Fsp3) is 0.412. The molecule has 104 valence electrons. The third kappa shape index (κ3) is 2.46. The van der Waals surface area contributed by atoms with Crippen molar-refractivity contribution in [1.29, 1.82) is 0 Å². The molecular formula is C17H19NO2. The number of hydrogen-bond donors (Lipinski definition) is 1. The summed E-state index contributed by atoms with van der Waals surface area (Å²) in [5.41, 5.74) is 0.190. The molecule has 0 spiro atoms. The molecule has 0 radical (unpaired) electrons. The zero-order valence-corrected chi connectivity index (χ0v) is 11.5. The van der Waals surface area contributed by atoms with Crippen molar-refractivity contribution < 1.29 is 9.90 Å². The summed E-state index contributed by atoms with van der Waals surface area (Å²) in [5.74, 6) is -0.146. The van der Waals surface area contributed by atoms with Crippen molar-refractivity contribution in [3.05, 3.63) is 42.1 Å². The number of Topliss-reactive ketones (excluding diaryl/α,β-unsaturated/α-hetero) is 1. The predicted octanol–water partition coefficient (Wildman–Crippen LogP) is 3.50. The number of nitrogens with zero attached hydrogens (tertiary/aromatic N) is 1. The van der Waals surface area contributed by atoms with E-state index in [0.717, 1.165) is 36.6 Å². The van der Waals surface area contributed by atoms with E-state index in [1.165, 1.54) is 0 Å². The van der Waals surface area contributed by atoms with Gasteiger partial charge in [0.25, 0.3) is 0 Å². The molecule has 0 saturated heterocycles. The number of fused-ring (bicyclic) bond motifs is 1. The molecule has 3 rings (SSSR count). The number of rotatable bonds is 2. The Morgan fingerprint density at radius 3 is 2.60 bits per heavy atom. The van der Waals surface area contributed by atoms with Crippen molar-refractivity contribution in [2.24, 2.45) is 0 Å². The van der Waals surface area contributed by atoms with Crippen LogP contribution in [0.1, 0.15) is 48.9 Å². The first kappa shape index (κ1) is 13.3. The first-order valence-corrected chi connectivity index (χ1v) is 7.31. The Morgan fingerprint density at radius 1 is 1.10 bits per heavy atom. The molecular weight excluding hydrogens is 250 g/mol. The molecule has 0 amide bonds. The minimum Gasteiger partial charge on any atom is -0.382 e. The number of hydrogen-bond acceptors (Lipinski definition) is 3. The van der Waals surface area contributed by atoms with Gasteiger partial charge in [0, 0.05) is 17.1 Å². The Hall–Kier alpha value is -1.74. The van der Waals surface area contributed by atoms with Gasteiger partial charge in [0.15, 0.2) is 5.78 Å². The number of ketones is 1. The highest BCUT2D eigenvalue weighted by Gasteiger charge is 2.36. The van der Waals surface area contributed by atoms with Crippen LogP contribution in [0.5, 0.6) is 0 Å². The van der Waals surface area contributed by atoms with E-state index < -0.39 is 5.60 Å². The molecule has 1 fully saturated rings. The number of aliphatic hydroxyl groups is 1. The van der Waals surface area contributed by atoms with Crippen molar-refractivity contribution in [3.63, 3.8) is 0 Å². The highest BCUT2D eigenvalue weighted by molar-refractivity contribution is 6.04. The van der Waals surface area contributed by atoms with E-state index in [9.17, 15) is 9.90 Å². The van der Waals surface area contributed by atoms with Gasteiger partial charge in [-0.2, -0.15) is 0 Å². The number of carbonyl (C=O) groups excluding carboxylic acids is 1. The summed E-state index contributed by atoms with van der Waals surface area (Å²) in [6, 6.07) is 9.34. The lowest BCUT2D eigenvalue weighted by atomic mass is 9.86. The first-order chi connectivity index (χ1) is 9.69. The summed E-state index contributed by atoms with van der Waals surface area (Å²) in [4.78, 5) is 16.9. The molecule has 1 aromatic heterocycles. The van der Waals surface area contributed by atoms with Crippen LogP contribution < -0.4 is 0 Å². The monoisotopic (exact) mass is 269 g/mol. The van der Waals surface area contributed by atoms with Crippen LogP contribution in [0.25, 0.3) is 10.9 Å². The highest BCUT2D eigenvalue weighted by Crippen LogP contribution is 2.30. The molecule has 0 atom stereocenters. The topological polar surface area (TPSA) is 50.2 Å². The Bertz CT molecular complexity index is 628. The van der Waals surface area contributed by atoms with Gasteiger partial charge < -0.3 is 5.11 Å². The lowest BCUT2D eigenvalue weighted by molar-refractivity contribution is 0.0238. The van der Waals surface area contributed by atoms with Crippen molar-refractivity contribution in [2.75, 3.05) is 0 Å². The van der Waals surface area contributed by atoms with E-state index >= 15 is 0 Å². The van der Waals surface area contributed by atoms with Crippen molar-refractivity contribution >= 4 is 16.7 Å². The maximum absolute atomic E-state index is 12.6. The van der Waals surface area contributed by atoms with E-state index in [1.54, 1.807) is 18.3 Å². The second kappa shape index (κ2) is 5.33. The van der Waals surface area contributed by atoms with Crippen molar-refractivity contribution in [1.82, 2.24) is 4.98 Å². The third-order valence-corrected chi connectivity index (χ3v) is 4.22. The summed E-state index contributed by atoms with van der Waals surface area (Å²) >= 11 is 0. The van der Waals surface area contributed by atoms with E-state index in [-0.39, 0.29) is 5.78 Å². The summed E-state index contributed by atoms with van der Waals surface area (Å²) in [6.07, 6.45) is 6.93. The van der Waals surface area contributed by atoms with Gasteiger partial charge in [-0.1, -0.05) is 43.9 Å². The molecule has 0 aliphatic heterocycles. The second-order valence-corrected chi connectivity index (χ2v) is 5.69. The number of benzene rings is 1. The van der Waals surface area contributed by atoms with Gasteiger partial charge >= 0.3 is 0 Å². The van der Waals surface area contributed by atoms with Crippen LogP contribution in [0.3, 0.4) is 0 Å². The van der Waals surface area contributed by atoms with Crippen molar-refractivity contribution in [3.8, 4) is 0 Å². The fourth-order valence-electron chi connectivity index (χ4n) is 3.02. The van der Waals surface area contributed by atoms with E-state index in [4.69, 9.17) is 0 Å². The van der Waals surface area contributed by atoms with Gasteiger partial charge in [-0.05, 0) is 25.0 Å². The third-order valence-electron chi connectivity index (χ3n) is 4.22. The number of carbonyl (C=O) groups is 1. The van der Waals surface area contributed by atoms with E-state index in [2.05, 4.69) is 4.98 Å². The van der Waals surface area contributed by atoms with Gasteiger partial charge in [0.05, 0.1) is 5.52 Å². The quantitative estimate of drug-likeness (QED) is 0.670. The largest absolute Gasteiger partial charge is 0.382 e. The van der Waals surface area contributed by atoms with Crippen LogP contribution >= 0.6 is 0 Å². The molecule has 1 saturated carbocycles. The molecule has 2 aromatic rings. The summed E-state index contributed by atoms with van der Waals surface area (Å²) in [7, 11) is 0. The average Bonchev–Trinajstić information content (AvgIpc) is 2.72. The number of aromatic nitrogens is 1. The first-order valence-electron chi connectivity index (χ1n) is 7.31. The summed E-state index contributed by atoms with van der Waals surface area (Å²) < 4.78 is 0. The van der Waals surface area contributed by atoms with Gasteiger partial charge in [0.2, 0.25) is 0 Å². The normalized spacial score (nSPS) is 18.6. The zero-order valence-electron chi connectivity index (χ0n) is 11.5. The standard InChI is InChI=1S/C17H19NO2/c19-16(17(20)9-3-1-2-4-10-17)14-8-7-13-6-5-11-18-15(13)12-14/h5-8,11-12,20H,1-4,9-10H2. The Kier molecular flexibility index (Phi) is 3.53. The molecule has 3 nitrogen and oxygen atoms in total. The van der Waals surface area contributed by atoms with E-state index in [1.807, 2.05) is 18.2 Å². The molecule has 0 bridgehead atoms.